The number of ether oxygens (including phenoxy) is 4. The molecule has 272 valence electrons. The molecule has 4 saturated heterocycles. The lowest BCUT2D eigenvalue weighted by Crippen LogP contribution is -2.31. The van der Waals surface area contributed by atoms with Crippen LogP contribution in [0.25, 0.3) is 0 Å². The molecule has 5 aliphatic rings. The van der Waals surface area contributed by atoms with Gasteiger partial charge < -0.3 is 43.4 Å². The van der Waals surface area contributed by atoms with Gasteiger partial charge in [-0.25, -0.2) is 0 Å². The summed E-state index contributed by atoms with van der Waals surface area (Å²) in [5, 5.41) is 0. The highest BCUT2D eigenvalue weighted by molar-refractivity contribution is 5.68. The van der Waals surface area contributed by atoms with Crippen molar-refractivity contribution in [2.75, 3.05) is 95.0 Å². The highest BCUT2D eigenvalue weighted by Crippen LogP contribution is 2.31. The molecule has 0 N–H and O–H groups in total. The minimum absolute atomic E-state index is 0.347. The van der Waals surface area contributed by atoms with Crippen LogP contribution in [0.2, 0.25) is 0 Å². The average Bonchev–Trinajstić information content (AvgIpc) is 3.92. The Morgan fingerprint density at radius 2 is 1.18 bits per heavy atom. The van der Waals surface area contributed by atoms with Gasteiger partial charge in [0.1, 0.15) is 0 Å². The van der Waals surface area contributed by atoms with E-state index < -0.39 is 0 Å². The third-order valence-corrected chi connectivity index (χ3v) is 10.4. The molecular weight excluding hydrogens is 638 g/mol. The van der Waals surface area contributed by atoms with Crippen molar-refractivity contribution in [3.63, 3.8) is 0 Å². The van der Waals surface area contributed by atoms with E-state index in [-0.39, 0.29) is 0 Å². The molecule has 0 bridgehead atoms. The molecule has 4 aliphatic heterocycles. The highest BCUT2D eigenvalue weighted by atomic mass is 16.6. The topological polar surface area (TPSA) is 66.3 Å². The van der Waals surface area contributed by atoms with Gasteiger partial charge in [-0.15, -0.1) is 0 Å². The summed E-state index contributed by atoms with van der Waals surface area (Å²) < 4.78 is 22.1. The van der Waals surface area contributed by atoms with Crippen LogP contribution in [0.1, 0.15) is 26.7 Å². The maximum atomic E-state index is 5.57. The van der Waals surface area contributed by atoms with Crippen molar-refractivity contribution in [3.8, 4) is 0 Å². The molecule has 0 saturated carbocycles. The lowest BCUT2D eigenvalue weighted by atomic mass is 10.1. The molecule has 9 nitrogen and oxygen atoms in total. The molecule has 7 rings (SSSR count). The van der Waals surface area contributed by atoms with Gasteiger partial charge in [0, 0.05) is 93.7 Å². The Labute approximate surface area is 304 Å². The Morgan fingerprint density at radius 1 is 0.686 bits per heavy atom. The van der Waals surface area contributed by atoms with E-state index in [2.05, 4.69) is 144 Å². The third kappa shape index (κ3) is 9.86. The van der Waals surface area contributed by atoms with E-state index in [1.807, 2.05) is 0 Å². The molecule has 51 heavy (non-hydrogen) atoms. The summed E-state index contributed by atoms with van der Waals surface area (Å²) in [6, 6.07) is 17.7. The molecule has 4 atom stereocenters. The van der Waals surface area contributed by atoms with Crippen molar-refractivity contribution in [1.82, 2.24) is 9.80 Å². The predicted molar refractivity (Wildman–Crippen MR) is 207 cm³/mol. The van der Waals surface area contributed by atoms with Crippen molar-refractivity contribution in [2.45, 2.75) is 51.1 Å². The summed E-state index contributed by atoms with van der Waals surface area (Å²) in [5.74, 6) is 0. The number of hydrogen-bond acceptors (Lipinski definition) is 9. The smallest absolute Gasteiger partial charge is 0.0984 e. The van der Waals surface area contributed by atoms with Gasteiger partial charge in [-0.3, -0.25) is 0 Å². The summed E-state index contributed by atoms with van der Waals surface area (Å²) in [6.07, 6.45) is 16.9. The Bertz CT molecular complexity index is 1600. The summed E-state index contributed by atoms with van der Waals surface area (Å²) in [5.41, 5.74) is 9.80. The van der Waals surface area contributed by atoms with Gasteiger partial charge in [0.25, 0.3) is 0 Å². The normalized spacial score (nSPS) is 23.5. The van der Waals surface area contributed by atoms with Crippen molar-refractivity contribution < 1.29 is 18.9 Å². The minimum Gasteiger partial charge on any atom is -0.374 e. The van der Waals surface area contributed by atoms with Crippen LogP contribution in [0.3, 0.4) is 0 Å². The van der Waals surface area contributed by atoms with Crippen LogP contribution in [-0.2, 0) is 18.9 Å². The summed E-state index contributed by atoms with van der Waals surface area (Å²) >= 11 is 0. The summed E-state index contributed by atoms with van der Waals surface area (Å²) in [4.78, 5) is 11.7. The Morgan fingerprint density at radius 3 is 1.69 bits per heavy atom. The number of allylic oxidation sites excluding steroid dienone is 6. The Kier molecular flexibility index (Phi) is 11.2. The summed E-state index contributed by atoms with van der Waals surface area (Å²) in [6.45, 7) is 12.5. The quantitative estimate of drug-likeness (QED) is 0.121. The number of anilines is 4. The van der Waals surface area contributed by atoms with E-state index in [0.717, 1.165) is 89.1 Å². The fraction of sp³-hybridized carbons (Fsp3) is 0.476. The first-order valence-electron chi connectivity index (χ1n) is 18.6. The molecular formula is C42H55N5O4. The standard InChI is InChI=1S/C42H55N5O4/c1-6-32(46(23-38-27-48-38)24-39-28-49-39)9-7-8-22-43(3)33-12-14-35(15-13-33)45(5)37-18-16-36(17-19-37)44(4)34-11-10-31(2)42(21-20-34)47(25-40-29-50-40)26-41-30-51-41/h6-7,9,11-21,38-41H,8,10,22-30H2,1-5H3/b9-7-,32-6+. The van der Waals surface area contributed by atoms with E-state index in [9.17, 15) is 0 Å². The van der Waals surface area contributed by atoms with Crippen LogP contribution in [0.5, 0.6) is 0 Å². The van der Waals surface area contributed by atoms with Gasteiger partial charge in [0.05, 0.1) is 50.8 Å². The number of epoxide rings is 4. The zero-order valence-corrected chi connectivity index (χ0v) is 31.0. The molecule has 0 aromatic heterocycles. The first-order chi connectivity index (χ1) is 24.8. The first-order valence-corrected chi connectivity index (χ1v) is 18.6. The monoisotopic (exact) mass is 693 g/mol. The lowest BCUT2D eigenvalue weighted by molar-refractivity contribution is 0.266. The number of likely N-dealkylation sites (N-methyl/N-ethyl adjacent to an activating group) is 1. The largest absolute Gasteiger partial charge is 0.374 e. The van der Waals surface area contributed by atoms with Gasteiger partial charge in [-0.1, -0.05) is 18.2 Å². The number of rotatable bonds is 19. The number of benzene rings is 2. The van der Waals surface area contributed by atoms with Crippen molar-refractivity contribution >= 4 is 22.7 Å². The first kappa shape index (κ1) is 35.4. The second-order valence-corrected chi connectivity index (χ2v) is 14.4. The zero-order chi connectivity index (χ0) is 35.3. The molecule has 1 aliphatic carbocycles. The maximum absolute atomic E-state index is 5.57. The molecule has 0 spiro atoms. The van der Waals surface area contributed by atoms with Crippen LogP contribution in [0.4, 0.5) is 22.7 Å². The molecule has 4 unspecified atom stereocenters. The summed E-state index contributed by atoms with van der Waals surface area (Å²) in [7, 11) is 6.45. The average molecular weight is 694 g/mol. The van der Waals surface area contributed by atoms with Gasteiger partial charge in [0.15, 0.2) is 0 Å². The minimum atomic E-state index is 0.347. The van der Waals surface area contributed by atoms with E-state index in [0.29, 0.717) is 24.4 Å². The van der Waals surface area contributed by atoms with Crippen molar-refractivity contribution in [3.05, 3.63) is 108 Å². The molecule has 2 aromatic carbocycles. The predicted octanol–water partition coefficient (Wildman–Crippen LogP) is 6.49. The van der Waals surface area contributed by atoms with Gasteiger partial charge >= 0.3 is 0 Å². The fourth-order valence-electron chi connectivity index (χ4n) is 6.71. The van der Waals surface area contributed by atoms with Crippen LogP contribution in [0, 0.1) is 0 Å². The zero-order valence-electron chi connectivity index (χ0n) is 31.0. The number of nitrogens with zero attached hydrogens (tertiary/aromatic N) is 5. The van der Waals surface area contributed by atoms with E-state index in [1.165, 1.54) is 28.4 Å². The lowest BCUT2D eigenvalue weighted by Gasteiger charge is -2.26. The molecule has 9 heteroatoms. The van der Waals surface area contributed by atoms with Gasteiger partial charge in [-0.05, 0) is 99.0 Å². The van der Waals surface area contributed by atoms with Crippen LogP contribution in [-0.4, -0.2) is 115 Å². The van der Waals surface area contributed by atoms with E-state index in [1.54, 1.807) is 0 Å². The Balaban J connectivity index is 0.906. The second kappa shape index (κ2) is 16.1. The van der Waals surface area contributed by atoms with Crippen molar-refractivity contribution in [2.24, 2.45) is 0 Å². The van der Waals surface area contributed by atoms with E-state index >= 15 is 0 Å². The van der Waals surface area contributed by atoms with Crippen LogP contribution < -0.4 is 14.7 Å². The Hall–Kier alpha value is -4.02. The number of hydrogen-bond donors (Lipinski definition) is 0. The SMILES string of the molecule is C/C=C(\C=C/CCN(C)c1ccc(N(C)c2ccc(N(C)C3=CCC(C)=C(N(CC4CO4)CC4CO4)C=C3)cc2)cc1)N(CC1CO1)CC1CO1. The van der Waals surface area contributed by atoms with Gasteiger partial charge in [-0.2, -0.15) is 0 Å². The second-order valence-electron chi connectivity index (χ2n) is 14.4. The maximum Gasteiger partial charge on any atom is 0.0984 e. The molecule has 4 fully saturated rings. The molecule has 0 amide bonds. The molecule has 0 radical (unpaired) electrons. The molecule has 4 heterocycles. The van der Waals surface area contributed by atoms with E-state index in [4.69, 9.17) is 18.9 Å². The fourth-order valence-corrected chi connectivity index (χ4v) is 6.71. The van der Waals surface area contributed by atoms with Crippen LogP contribution in [0.15, 0.2) is 108 Å². The van der Waals surface area contributed by atoms with Crippen molar-refractivity contribution in [1.29, 1.82) is 0 Å². The molecule has 2 aromatic rings. The third-order valence-electron chi connectivity index (χ3n) is 10.4. The van der Waals surface area contributed by atoms with Gasteiger partial charge in [0.2, 0.25) is 0 Å². The highest BCUT2D eigenvalue weighted by Gasteiger charge is 2.32. The van der Waals surface area contributed by atoms with Crippen LogP contribution >= 0.6 is 0 Å².